The van der Waals surface area contributed by atoms with Gasteiger partial charge in [0.2, 0.25) is 0 Å². The summed E-state index contributed by atoms with van der Waals surface area (Å²) >= 11 is 1.43. The molecule has 0 aliphatic heterocycles. The maximum atomic E-state index is 12.4. The fraction of sp³-hybridized carbons (Fsp3) is 0.235. The topological polar surface area (TPSA) is 72.2 Å². The number of benzene rings is 2. The number of carbonyl (C=O) groups is 1. The van der Waals surface area contributed by atoms with Gasteiger partial charge in [0.05, 0.1) is 4.92 Å². The van der Waals surface area contributed by atoms with Crippen molar-refractivity contribution in [2.75, 3.05) is 11.6 Å². The minimum atomic E-state index is -0.541. The van der Waals surface area contributed by atoms with Crippen molar-refractivity contribution in [1.29, 1.82) is 0 Å². The van der Waals surface area contributed by atoms with Gasteiger partial charge in [0, 0.05) is 16.6 Å². The van der Waals surface area contributed by atoms with Gasteiger partial charge in [-0.3, -0.25) is 14.9 Å². The van der Waals surface area contributed by atoms with E-state index in [-0.39, 0.29) is 11.3 Å². The lowest BCUT2D eigenvalue weighted by Crippen LogP contribution is -2.14. The smallest absolute Gasteiger partial charge is 0.282 e. The summed E-state index contributed by atoms with van der Waals surface area (Å²) in [5.41, 5.74) is 1.65. The van der Waals surface area contributed by atoms with Crippen LogP contribution in [0.25, 0.3) is 0 Å². The molecule has 0 spiro atoms. The Morgan fingerprint density at radius 1 is 1.17 bits per heavy atom. The monoisotopic (exact) mass is 330 g/mol. The highest BCUT2D eigenvalue weighted by molar-refractivity contribution is 7.98. The van der Waals surface area contributed by atoms with Crippen LogP contribution in [0.4, 0.5) is 11.4 Å². The summed E-state index contributed by atoms with van der Waals surface area (Å²) in [7, 11) is 0. The minimum Gasteiger partial charge on any atom is -0.322 e. The number of rotatable bonds is 5. The molecule has 2 aromatic rings. The molecule has 0 unspecified atom stereocenters. The molecule has 0 fully saturated rings. The number of carbonyl (C=O) groups excluding carboxylic acids is 1. The number of anilines is 1. The molecule has 0 aliphatic rings. The van der Waals surface area contributed by atoms with E-state index in [0.717, 1.165) is 4.90 Å². The third-order valence-corrected chi connectivity index (χ3v) is 4.21. The van der Waals surface area contributed by atoms with Crippen LogP contribution in [0.2, 0.25) is 0 Å². The molecular weight excluding hydrogens is 312 g/mol. The zero-order valence-electron chi connectivity index (χ0n) is 13.2. The van der Waals surface area contributed by atoms with Gasteiger partial charge in [-0.2, -0.15) is 0 Å². The highest BCUT2D eigenvalue weighted by Crippen LogP contribution is 2.26. The highest BCUT2D eigenvalue weighted by Gasteiger charge is 2.20. The summed E-state index contributed by atoms with van der Waals surface area (Å²) in [5.74, 6) is -0.0796. The number of thioether (sulfide) groups is 1. The summed E-state index contributed by atoms with van der Waals surface area (Å²) in [5, 5.41) is 13.8. The van der Waals surface area contributed by atoms with Gasteiger partial charge in [-0.05, 0) is 42.0 Å². The van der Waals surface area contributed by atoms with Crippen LogP contribution in [0.3, 0.4) is 0 Å². The fourth-order valence-corrected chi connectivity index (χ4v) is 2.57. The Morgan fingerprint density at radius 3 is 2.35 bits per heavy atom. The van der Waals surface area contributed by atoms with Gasteiger partial charge in [0.25, 0.3) is 11.6 Å². The Hall–Kier alpha value is -2.34. The Labute approximate surface area is 139 Å². The molecule has 0 radical (unpaired) electrons. The first-order valence-electron chi connectivity index (χ1n) is 7.16. The summed E-state index contributed by atoms with van der Waals surface area (Å²) in [4.78, 5) is 23.8. The first kappa shape index (κ1) is 17.0. The number of hydrogen-bond acceptors (Lipinski definition) is 4. The Bertz CT molecular complexity index is 727. The second kappa shape index (κ2) is 7.28. The minimum absolute atomic E-state index is 0.0646. The molecule has 0 aliphatic carbocycles. The van der Waals surface area contributed by atoms with Crippen LogP contribution in [0, 0.1) is 10.1 Å². The van der Waals surface area contributed by atoms with Crippen LogP contribution in [0.5, 0.6) is 0 Å². The number of nitro groups is 1. The first-order valence-corrected chi connectivity index (χ1v) is 8.38. The van der Waals surface area contributed by atoms with Crippen molar-refractivity contribution in [2.24, 2.45) is 0 Å². The maximum absolute atomic E-state index is 12.4. The molecule has 0 aromatic heterocycles. The van der Waals surface area contributed by atoms with Crippen LogP contribution in [0.1, 0.15) is 35.7 Å². The summed E-state index contributed by atoms with van der Waals surface area (Å²) < 4.78 is 0. The predicted molar refractivity (Wildman–Crippen MR) is 93.4 cm³/mol. The lowest BCUT2D eigenvalue weighted by molar-refractivity contribution is -0.385. The molecule has 0 saturated carbocycles. The van der Waals surface area contributed by atoms with Crippen LogP contribution >= 0.6 is 11.8 Å². The number of amides is 1. The molecule has 0 heterocycles. The highest BCUT2D eigenvalue weighted by atomic mass is 32.2. The zero-order valence-corrected chi connectivity index (χ0v) is 14.0. The number of nitrogens with zero attached hydrogens (tertiary/aromatic N) is 1. The van der Waals surface area contributed by atoms with Crippen molar-refractivity contribution in [3.05, 3.63) is 63.7 Å². The molecule has 23 heavy (non-hydrogen) atoms. The molecule has 5 nitrogen and oxygen atoms in total. The van der Waals surface area contributed by atoms with Crippen LogP contribution in [-0.4, -0.2) is 17.1 Å². The van der Waals surface area contributed by atoms with E-state index in [0.29, 0.717) is 11.6 Å². The molecule has 0 atom stereocenters. The molecule has 2 aromatic carbocycles. The van der Waals surface area contributed by atoms with Crippen molar-refractivity contribution in [2.45, 2.75) is 24.7 Å². The summed E-state index contributed by atoms with van der Waals surface area (Å²) in [6, 6.07) is 12.0. The van der Waals surface area contributed by atoms with Gasteiger partial charge in [0.15, 0.2) is 0 Å². The maximum Gasteiger partial charge on any atom is 0.282 e. The standard InChI is InChI=1S/C17H18N2O3S/c1-11(2)12-4-6-13(7-5-12)18-17(20)15-10-14(23-3)8-9-16(15)19(21)22/h4-11H,1-3H3,(H,18,20). The average molecular weight is 330 g/mol. The molecular formula is C17H18N2O3S. The molecule has 0 bridgehead atoms. The fourth-order valence-electron chi connectivity index (χ4n) is 2.13. The lowest BCUT2D eigenvalue weighted by atomic mass is 10.0. The van der Waals surface area contributed by atoms with Gasteiger partial charge in [0.1, 0.15) is 5.56 Å². The largest absolute Gasteiger partial charge is 0.322 e. The number of hydrogen-bond donors (Lipinski definition) is 1. The van der Waals surface area contributed by atoms with Crippen molar-refractivity contribution in [3.8, 4) is 0 Å². The number of nitro benzene ring substituents is 1. The van der Waals surface area contributed by atoms with Crippen molar-refractivity contribution < 1.29 is 9.72 Å². The van der Waals surface area contributed by atoms with Gasteiger partial charge >= 0.3 is 0 Å². The first-order chi connectivity index (χ1) is 10.9. The van der Waals surface area contributed by atoms with E-state index < -0.39 is 10.8 Å². The quantitative estimate of drug-likeness (QED) is 0.490. The normalized spacial score (nSPS) is 10.6. The summed E-state index contributed by atoms with van der Waals surface area (Å²) in [6.45, 7) is 4.18. The van der Waals surface area contributed by atoms with E-state index in [1.54, 1.807) is 24.3 Å². The number of nitrogens with one attached hydrogen (secondary N) is 1. The van der Waals surface area contributed by atoms with Crippen LogP contribution < -0.4 is 5.32 Å². The Kier molecular flexibility index (Phi) is 5.39. The molecule has 2 rings (SSSR count). The zero-order chi connectivity index (χ0) is 17.0. The van der Waals surface area contributed by atoms with E-state index >= 15 is 0 Å². The molecule has 1 amide bonds. The van der Waals surface area contributed by atoms with Crippen molar-refractivity contribution in [3.63, 3.8) is 0 Å². The van der Waals surface area contributed by atoms with Crippen LogP contribution in [-0.2, 0) is 0 Å². The Morgan fingerprint density at radius 2 is 1.83 bits per heavy atom. The molecule has 6 heteroatoms. The third kappa shape index (κ3) is 4.10. The lowest BCUT2D eigenvalue weighted by Gasteiger charge is -2.09. The third-order valence-electron chi connectivity index (χ3n) is 3.48. The predicted octanol–water partition coefficient (Wildman–Crippen LogP) is 4.69. The van der Waals surface area contributed by atoms with Gasteiger partial charge in [-0.1, -0.05) is 26.0 Å². The van der Waals surface area contributed by atoms with Gasteiger partial charge < -0.3 is 5.32 Å². The second-order valence-corrected chi connectivity index (χ2v) is 6.25. The van der Waals surface area contributed by atoms with E-state index in [2.05, 4.69) is 19.2 Å². The van der Waals surface area contributed by atoms with Gasteiger partial charge in [-0.15, -0.1) is 11.8 Å². The van der Waals surface area contributed by atoms with E-state index in [9.17, 15) is 14.9 Å². The van der Waals surface area contributed by atoms with Gasteiger partial charge in [-0.25, -0.2) is 0 Å². The SMILES string of the molecule is CSc1ccc([N+](=O)[O-])c(C(=O)Nc2ccc(C(C)C)cc2)c1. The summed E-state index contributed by atoms with van der Waals surface area (Å²) in [6.07, 6.45) is 1.85. The van der Waals surface area contributed by atoms with E-state index in [1.165, 1.54) is 23.4 Å². The van der Waals surface area contributed by atoms with E-state index in [1.807, 2.05) is 18.4 Å². The molecule has 120 valence electrons. The second-order valence-electron chi connectivity index (χ2n) is 5.37. The van der Waals surface area contributed by atoms with Crippen molar-refractivity contribution >= 4 is 29.0 Å². The molecule has 1 N–H and O–H groups in total. The van der Waals surface area contributed by atoms with Crippen LogP contribution in [0.15, 0.2) is 47.4 Å². The Balaban J connectivity index is 2.27. The molecule has 0 saturated heterocycles. The average Bonchev–Trinajstić information content (AvgIpc) is 2.54. The van der Waals surface area contributed by atoms with Crippen molar-refractivity contribution in [1.82, 2.24) is 0 Å². The van der Waals surface area contributed by atoms with E-state index in [4.69, 9.17) is 0 Å².